The first-order valence-corrected chi connectivity index (χ1v) is 14.9. The second-order valence-corrected chi connectivity index (χ2v) is 12.2. The average Bonchev–Trinajstić information content (AvgIpc) is 3.69. The van der Waals surface area contributed by atoms with Gasteiger partial charge in [-0.05, 0) is 74.5 Å². The first-order valence-electron chi connectivity index (χ1n) is 14.9. The minimum Gasteiger partial charge on any atom is -0.497 e. The summed E-state index contributed by atoms with van der Waals surface area (Å²) in [5.41, 5.74) is 1.22. The van der Waals surface area contributed by atoms with Crippen LogP contribution in [0.25, 0.3) is 32.9 Å². The molecule has 4 aliphatic rings. The van der Waals surface area contributed by atoms with E-state index in [9.17, 15) is 0 Å². The van der Waals surface area contributed by atoms with Crippen LogP contribution in [0.1, 0.15) is 38.5 Å². The van der Waals surface area contributed by atoms with Crippen LogP contribution >= 0.6 is 0 Å². The third-order valence-corrected chi connectivity index (χ3v) is 9.77. The quantitative estimate of drug-likeness (QED) is 0.359. The van der Waals surface area contributed by atoms with Crippen LogP contribution in [0.5, 0.6) is 11.8 Å². The summed E-state index contributed by atoms with van der Waals surface area (Å²) in [5, 5.41) is 6.17. The number of piperazine rings is 1. The van der Waals surface area contributed by atoms with Crippen molar-refractivity contribution in [2.45, 2.75) is 56.1 Å². The van der Waals surface area contributed by atoms with E-state index in [1.165, 1.54) is 12.8 Å². The summed E-state index contributed by atoms with van der Waals surface area (Å²) < 4.78 is 28.6. The van der Waals surface area contributed by atoms with E-state index in [1.807, 2.05) is 36.4 Å². The lowest BCUT2D eigenvalue weighted by molar-refractivity contribution is 0.108. The zero-order valence-corrected chi connectivity index (χ0v) is 23.4. The fraction of sp³-hybridized carbons (Fsp3) is 0.469. The normalized spacial score (nSPS) is 23.4. The number of aromatic nitrogens is 3. The van der Waals surface area contributed by atoms with Crippen LogP contribution in [0.4, 0.5) is 10.2 Å². The van der Waals surface area contributed by atoms with Gasteiger partial charge < -0.3 is 19.7 Å². The van der Waals surface area contributed by atoms with Crippen molar-refractivity contribution in [1.82, 2.24) is 25.2 Å². The van der Waals surface area contributed by atoms with Crippen molar-refractivity contribution in [3.05, 3.63) is 48.4 Å². The molecule has 4 saturated heterocycles. The lowest BCUT2D eigenvalue weighted by Crippen LogP contribution is -2.51. The minimum absolute atomic E-state index is 0.0497. The van der Waals surface area contributed by atoms with Crippen LogP contribution in [-0.4, -0.2) is 77.4 Å². The highest BCUT2D eigenvalue weighted by molar-refractivity contribution is 6.00. The maximum Gasteiger partial charge on any atom is 0.319 e. The Morgan fingerprint density at radius 1 is 1.02 bits per heavy atom. The number of nitrogens with one attached hydrogen (secondary N) is 1. The van der Waals surface area contributed by atoms with E-state index in [1.54, 1.807) is 13.3 Å². The number of benzene rings is 2. The molecule has 1 N–H and O–H groups in total. The van der Waals surface area contributed by atoms with Gasteiger partial charge in [-0.3, -0.25) is 9.88 Å². The minimum atomic E-state index is -0.464. The molecule has 8 rings (SSSR count). The SMILES string of the molecule is COc1cc(-c2ncc3c(N4CC5CCC(C4)N5)nc(OCC45CCCN4CCC5)nc3c2F)c2ccccc2c1. The standard InChI is InChI=1S/C32H35FN6O2/c1-40-23-14-20-6-2-3-7-24(20)25(15-23)28-27(33)29-26(16-34-28)30(38-17-21-8-9-22(18-38)35-21)37-31(36-29)41-19-32-10-4-12-39(32)13-5-11-32/h2-3,6-7,14-16,21-22,35H,4-5,8-13,17-19H2,1H3. The Morgan fingerprint density at radius 3 is 2.59 bits per heavy atom. The predicted octanol–water partition coefficient (Wildman–Crippen LogP) is 4.94. The molecule has 41 heavy (non-hydrogen) atoms. The van der Waals surface area contributed by atoms with E-state index in [0.29, 0.717) is 41.2 Å². The molecule has 2 unspecified atom stereocenters. The highest BCUT2D eigenvalue weighted by atomic mass is 19.1. The molecule has 6 heterocycles. The first kappa shape index (κ1) is 25.2. The smallest absolute Gasteiger partial charge is 0.319 e. The molecule has 0 spiro atoms. The van der Waals surface area contributed by atoms with Gasteiger partial charge in [-0.15, -0.1) is 0 Å². The highest BCUT2D eigenvalue weighted by Gasteiger charge is 2.45. The van der Waals surface area contributed by atoms with Gasteiger partial charge in [0.05, 0.1) is 18.0 Å². The van der Waals surface area contributed by atoms with Crippen molar-refractivity contribution in [3.63, 3.8) is 0 Å². The highest BCUT2D eigenvalue weighted by Crippen LogP contribution is 2.40. The first-order chi connectivity index (χ1) is 20.1. The van der Waals surface area contributed by atoms with Gasteiger partial charge >= 0.3 is 6.01 Å². The number of pyridine rings is 1. The molecule has 212 valence electrons. The fourth-order valence-electron chi connectivity index (χ4n) is 7.74. The number of ether oxygens (including phenoxy) is 2. The van der Waals surface area contributed by atoms with Crippen molar-refractivity contribution in [3.8, 4) is 23.0 Å². The van der Waals surface area contributed by atoms with E-state index in [0.717, 1.165) is 62.6 Å². The third-order valence-electron chi connectivity index (χ3n) is 9.77. The number of halogens is 1. The van der Waals surface area contributed by atoms with Gasteiger partial charge in [-0.1, -0.05) is 24.3 Å². The number of fused-ring (bicyclic) bond motifs is 5. The summed E-state index contributed by atoms with van der Waals surface area (Å²) in [6, 6.07) is 12.8. The van der Waals surface area contributed by atoms with E-state index < -0.39 is 5.82 Å². The molecular formula is C32H35FN6O2. The molecule has 2 aromatic heterocycles. The number of hydrogen-bond donors (Lipinski definition) is 1. The largest absolute Gasteiger partial charge is 0.497 e. The zero-order chi connectivity index (χ0) is 27.6. The van der Waals surface area contributed by atoms with E-state index in [4.69, 9.17) is 24.4 Å². The topological polar surface area (TPSA) is 75.6 Å². The van der Waals surface area contributed by atoms with Gasteiger partial charge in [0.15, 0.2) is 5.82 Å². The van der Waals surface area contributed by atoms with Gasteiger partial charge in [0.2, 0.25) is 0 Å². The summed E-state index contributed by atoms with van der Waals surface area (Å²) in [4.78, 5) is 19.2. The van der Waals surface area contributed by atoms with Gasteiger partial charge in [-0.25, -0.2) is 4.39 Å². The van der Waals surface area contributed by atoms with Crippen LogP contribution in [0.2, 0.25) is 0 Å². The fourth-order valence-corrected chi connectivity index (χ4v) is 7.74. The molecule has 2 bridgehead atoms. The third kappa shape index (κ3) is 4.20. The maximum absolute atomic E-state index is 16.7. The van der Waals surface area contributed by atoms with Crippen LogP contribution in [0.15, 0.2) is 42.6 Å². The summed E-state index contributed by atoms with van der Waals surface area (Å²) in [7, 11) is 1.62. The van der Waals surface area contributed by atoms with E-state index in [2.05, 4.69) is 15.1 Å². The maximum atomic E-state index is 16.7. The Labute approximate surface area is 238 Å². The number of hydrogen-bond acceptors (Lipinski definition) is 8. The van der Waals surface area contributed by atoms with Crippen molar-refractivity contribution in [2.75, 3.05) is 44.8 Å². The summed E-state index contributed by atoms with van der Waals surface area (Å²) in [6.45, 7) is 4.42. The summed E-state index contributed by atoms with van der Waals surface area (Å²) >= 11 is 0. The number of nitrogens with zero attached hydrogens (tertiary/aromatic N) is 5. The Bertz CT molecular complexity index is 1620. The second kappa shape index (κ2) is 9.77. The van der Waals surface area contributed by atoms with Crippen molar-refractivity contribution >= 4 is 27.5 Å². The van der Waals surface area contributed by atoms with Crippen LogP contribution in [-0.2, 0) is 0 Å². The number of anilines is 1. The van der Waals surface area contributed by atoms with Crippen molar-refractivity contribution < 1.29 is 13.9 Å². The molecular weight excluding hydrogens is 519 g/mol. The summed E-state index contributed by atoms with van der Waals surface area (Å²) in [6.07, 6.45) is 8.65. The van der Waals surface area contributed by atoms with Gasteiger partial charge in [0, 0.05) is 36.9 Å². The molecule has 4 fully saturated rings. The van der Waals surface area contributed by atoms with Gasteiger partial charge in [-0.2, -0.15) is 9.97 Å². The molecule has 2 aromatic carbocycles. The Morgan fingerprint density at radius 2 is 1.80 bits per heavy atom. The molecule has 0 aliphatic carbocycles. The van der Waals surface area contributed by atoms with Crippen LogP contribution in [0.3, 0.4) is 0 Å². The lowest BCUT2D eigenvalue weighted by atomic mass is 9.95. The van der Waals surface area contributed by atoms with E-state index >= 15 is 4.39 Å². The van der Waals surface area contributed by atoms with E-state index in [-0.39, 0.29) is 22.8 Å². The Kier molecular flexibility index (Phi) is 6.00. The van der Waals surface area contributed by atoms with Crippen LogP contribution < -0.4 is 19.7 Å². The molecule has 0 radical (unpaired) electrons. The Balaban J connectivity index is 1.26. The predicted molar refractivity (Wildman–Crippen MR) is 157 cm³/mol. The molecule has 4 aliphatic heterocycles. The second-order valence-electron chi connectivity index (χ2n) is 12.2. The van der Waals surface area contributed by atoms with Crippen LogP contribution in [0, 0.1) is 5.82 Å². The van der Waals surface area contributed by atoms with Gasteiger partial charge in [0.25, 0.3) is 0 Å². The molecule has 2 atom stereocenters. The van der Waals surface area contributed by atoms with Gasteiger partial charge in [0.1, 0.15) is 29.4 Å². The molecule has 4 aromatic rings. The summed E-state index contributed by atoms with van der Waals surface area (Å²) in [5.74, 6) is 0.902. The molecule has 9 heteroatoms. The molecule has 0 saturated carbocycles. The zero-order valence-electron chi connectivity index (χ0n) is 23.4. The average molecular weight is 555 g/mol. The van der Waals surface area contributed by atoms with Crippen molar-refractivity contribution in [2.24, 2.45) is 0 Å². The Hall–Kier alpha value is -3.56. The molecule has 8 nitrogen and oxygen atoms in total. The number of rotatable bonds is 6. The lowest BCUT2D eigenvalue weighted by Gasteiger charge is -2.34. The van der Waals surface area contributed by atoms with Crippen molar-refractivity contribution in [1.29, 1.82) is 0 Å². The number of methoxy groups -OCH3 is 1. The molecule has 0 amide bonds. The monoisotopic (exact) mass is 554 g/mol.